The van der Waals surface area contributed by atoms with Crippen LogP contribution < -0.4 is 5.32 Å². The normalized spacial score (nSPS) is 27.9. The molecule has 1 amide bonds. The fourth-order valence-corrected chi connectivity index (χ4v) is 3.26. The van der Waals surface area contributed by atoms with Crippen molar-refractivity contribution >= 4 is 5.91 Å². The first-order chi connectivity index (χ1) is 8.77. The Morgan fingerprint density at radius 1 is 1.44 bits per heavy atom. The molecule has 4 nitrogen and oxygen atoms in total. The summed E-state index contributed by atoms with van der Waals surface area (Å²) >= 11 is 0. The van der Waals surface area contributed by atoms with Gasteiger partial charge >= 0.3 is 0 Å². The van der Waals surface area contributed by atoms with Gasteiger partial charge in [0.2, 0.25) is 0 Å². The van der Waals surface area contributed by atoms with Crippen LogP contribution >= 0.6 is 0 Å². The van der Waals surface area contributed by atoms with Crippen LogP contribution in [0.15, 0.2) is 16.7 Å². The van der Waals surface area contributed by atoms with Crippen molar-refractivity contribution in [1.82, 2.24) is 10.2 Å². The van der Waals surface area contributed by atoms with E-state index in [1.165, 1.54) is 12.8 Å². The average Bonchev–Trinajstić information content (AvgIpc) is 3.09. The summed E-state index contributed by atoms with van der Waals surface area (Å²) in [7, 11) is 0. The first kappa shape index (κ1) is 11.8. The Balaban J connectivity index is 1.78. The molecule has 2 fully saturated rings. The summed E-state index contributed by atoms with van der Waals surface area (Å²) in [6, 6.07) is 2.65. The van der Waals surface area contributed by atoms with E-state index < -0.39 is 0 Å². The van der Waals surface area contributed by atoms with E-state index in [-0.39, 0.29) is 5.91 Å². The van der Waals surface area contributed by atoms with E-state index >= 15 is 0 Å². The van der Waals surface area contributed by atoms with E-state index in [0.29, 0.717) is 12.1 Å². The summed E-state index contributed by atoms with van der Waals surface area (Å²) in [5.41, 5.74) is 0.722. The van der Waals surface area contributed by atoms with E-state index in [4.69, 9.17) is 4.42 Å². The number of carbonyl (C=O) groups is 1. The van der Waals surface area contributed by atoms with Crippen LogP contribution in [0.2, 0.25) is 0 Å². The predicted molar refractivity (Wildman–Crippen MR) is 68.5 cm³/mol. The summed E-state index contributed by atoms with van der Waals surface area (Å²) in [6.07, 6.45) is 6.26. The van der Waals surface area contributed by atoms with E-state index in [1.807, 2.05) is 11.8 Å². The summed E-state index contributed by atoms with van der Waals surface area (Å²) in [6.45, 7) is 3.83. The van der Waals surface area contributed by atoms with E-state index in [1.54, 1.807) is 12.3 Å². The summed E-state index contributed by atoms with van der Waals surface area (Å²) in [5, 5.41) is 3.53. The van der Waals surface area contributed by atoms with Crippen molar-refractivity contribution < 1.29 is 9.21 Å². The highest BCUT2D eigenvalue weighted by atomic mass is 16.3. The molecule has 2 unspecified atom stereocenters. The molecule has 18 heavy (non-hydrogen) atoms. The van der Waals surface area contributed by atoms with Gasteiger partial charge in [-0.15, -0.1) is 0 Å². The molecule has 0 radical (unpaired) electrons. The molecule has 3 heterocycles. The first-order valence-corrected chi connectivity index (χ1v) is 6.86. The highest BCUT2D eigenvalue weighted by Crippen LogP contribution is 2.27. The average molecular weight is 248 g/mol. The molecule has 1 N–H and O–H groups in total. The van der Waals surface area contributed by atoms with Crippen molar-refractivity contribution in [3.8, 4) is 0 Å². The maximum absolute atomic E-state index is 12.5. The third-order valence-corrected chi connectivity index (χ3v) is 4.21. The molecular formula is C14H20N2O2. The Morgan fingerprint density at radius 3 is 3.00 bits per heavy atom. The minimum absolute atomic E-state index is 0.137. The zero-order valence-electron chi connectivity index (χ0n) is 10.8. The third-order valence-electron chi connectivity index (χ3n) is 4.21. The molecule has 0 aliphatic carbocycles. The molecule has 4 heteroatoms. The van der Waals surface area contributed by atoms with Crippen molar-refractivity contribution in [2.45, 2.75) is 44.7 Å². The molecule has 0 saturated carbocycles. The minimum atomic E-state index is 0.137. The molecule has 2 saturated heterocycles. The highest BCUT2D eigenvalue weighted by Gasteiger charge is 2.36. The number of likely N-dealkylation sites (tertiary alicyclic amines) is 1. The Kier molecular flexibility index (Phi) is 3.12. The number of carbonyl (C=O) groups excluding carboxylic acids is 1. The zero-order valence-corrected chi connectivity index (χ0v) is 10.8. The van der Waals surface area contributed by atoms with Crippen LogP contribution in [0.1, 0.15) is 41.8 Å². The second-order valence-electron chi connectivity index (χ2n) is 5.30. The van der Waals surface area contributed by atoms with Crippen LogP contribution in [0.5, 0.6) is 0 Å². The number of amides is 1. The van der Waals surface area contributed by atoms with E-state index in [2.05, 4.69) is 5.32 Å². The van der Waals surface area contributed by atoms with Gasteiger partial charge in [-0.25, -0.2) is 0 Å². The third kappa shape index (κ3) is 1.94. The van der Waals surface area contributed by atoms with Gasteiger partial charge in [0.25, 0.3) is 5.91 Å². The van der Waals surface area contributed by atoms with Gasteiger partial charge in [0, 0.05) is 18.6 Å². The molecule has 1 aromatic heterocycles. The molecule has 98 valence electrons. The molecule has 2 aliphatic heterocycles. The molecule has 0 aromatic carbocycles. The number of aryl methyl sites for hydroxylation is 1. The molecular weight excluding hydrogens is 228 g/mol. The Morgan fingerprint density at radius 2 is 2.33 bits per heavy atom. The maximum Gasteiger partial charge on any atom is 0.257 e. The fraction of sp³-hybridized carbons (Fsp3) is 0.643. The largest absolute Gasteiger partial charge is 0.469 e. The van der Waals surface area contributed by atoms with E-state index in [9.17, 15) is 4.79 Å². The SMILES string of the molecule is Cc1occc1C(=O)N1CCCC1C1CCCN1. The Hall–Kier alpha value is -1.29. The number of hydrogen-bond acceptors (Lipinski definition) is 3. The van der Waals surface area contributed by atoms with Crippen LogP contribution in [0.3, 0.4) is 0 Å². The lowest BCUT2D eigenvalue weighted by Crippen LogP contribution is -2.46. The predicted octanol–water partition coefficient (Wildman–Crippen LogP) is 1.94. The standard InChI is InChI=1S/C14H20N2O2/c1-10-11(6-9-18-10)14(17)16-8-3-5-13(16)12-4-2-7-15-12/h6,9,12-13,15H,2-5,7-8H2,1H3. The summed E-state index contributed by atoms with van der Waals surface area (Å²) < 4.78 is 5.24. The molecule has 0 spiro atoms. The van der Waals surface area contributed by atoms with Crippen molar-refractivity contribution in [3.63, 3.8) is 0 Å². The topological polar surface area (TPSA) is 45.5 Å². The Labute approximate surface area is 107 Å². The van der Waals surface area contributed by atoms with Gasteiger partial charge in [-0.3, -0.25) is 4.79 Å². The smallest absolute Gasteiger partial charge is 0.257 e. The van der Waals surface area contributed by atoms with Gasteiger partial charge in [0.15, 0.2) is 0 Å². The molecule has 2 atom stereocenters. The number of nitrogens with one attached hydrogen (secondary N) is 1. The number of furan rings is 1. The van der Waals surface area contributed by atoms with Gasteiger partial charge in [0.1, 0.15) is 5.76 Å². The number of nitrogens with zero attached hydrogens (tertiary/aromatic N) is 1. The van der Waals surface area contributed by atoms with E-state index in [0.717, 1.165) is 37.3 Å². The van der Waals surface area contributed by atoms with Gasteiger partial charge in [-0.05, 0) is 45.2 Å². The molecule has 1 aromatic rings. The van der Waals surface area contributed by atoms with Crippen LogP contribution in [0.4, 0.5) is 0 Å². The Bertz CT molecular complexity index is 435. The van der Waals surface area contributed by atoms with Crippen molar-refractivity contribution in [3.05, 3.63) is 23.7 Å². The lowest BCUT2D eigenvalue weighted by molar-refractivity contribution is 0.0709. The zero-order chi connectivity index (χ0) is 12.5. The van der Waals surface area contributed by atoms with Crippen molar-refractivity contribution in [1.29, 1.82) is 0 Å². The summed E-state index contributed by atoms with van der Waals surface area (Å²) in [5.74, 6) is 0.863. The lowest BCUT2D eigenvalue weighted by atomic mass is 10.0. The molecule has 0 bridgehead atoms. The van der Waals surface area contributed by atoms with Crippen LogP contribution in [0, 0.1) is 6.92 Å². The van der Waals surface area contributed by atoms with Gasteiger partial charge in [0.05, 0.1) is 11.8 Å². The fourth-order valence-electron chi connectivity index (χ4n) is 3.26. The second-order valence-corrected chi connectivity index (χ2v) is 5.30. The summed E-state index contributed by atoms with van der Waals surface area (Å²) in [4.78, 5) is 14.6. The van der Waals surface area contributed by atoms with Gasteiger partial charge in [-0.1, -0.05) is 0 Å². The number of rotatable bonds is 2. The maximum atomic E-state index is 12.5. The van der Waals surface area contributed by atoms with Gasteiger partial charge < -0.3 is 14.6 Å². The highest BCUT2D eigenvalue weighted by molar-refractivity contribution is 5.95. The number of hydrogen-bond donors (Lipinski definition) is 1. The lowest BCUT2D eigenvalue weighted by Gasteiger charge is -2.29. The second kappa shape index (κ2) is 4.76. The van der Waals surface area contributed by atoms with Crippen molar-refractivity contribution in [2.24, 2.45) is 0 Å². The van der Waals surface area contributed by atoms with Crippen LogP contribution in [-0.2, 0) is 0 Å². The first-order valence-electron chi connectivity index (χ1n) is 6.86. The van der Waals surface area contributed by atoms with Crippen LogP contribution in [-0.4, -0.2) is 36.0 Å². The minimum Gasteiger partial charge on any atom is -0.469 e. The van der Waals surface area contributed by atoms with Crippen LogP contribution in [0.25, 0.3) is 0 Å². The van der Waals surface area contributed by atoms with Crippen molar-refractivity contribution in [2.75, 3.05) is 13.1 Å². The monoisotopic (exact) mass is 248 g/mol. The molecule has 2 aliphatic rings. The molecule has 3 rings (SSSR count). The quantitative estimate of drug-likeness (QED) is 0.870. The van der Waals surface area contributed by atoms with Gasteiger partial charge in [-0.2, -0.15) is 0 Å².